The maximum atomic E-state index is 13.6. The van der Waals surface area contributed by atoms with E-state index in [-0.39, 0.29) is 17.7 Å². The molecule has 3 rings (SSSR count). The molecule has 1 aliphatic rings. The molecule has 1 unspecified atom stereocenters. The summed E-state index contributed by atoms with van der Waals surface area (Å²) in [6.07, 6.45) is 0. The third-order valence-electron chi connectivity index (χ3n) is 4.28. The summed E-state index contributed by atoms with van der Waals surface area (Å²) in [5.41, 5.74) is 1.85. The first-order chi connectivity index (χ1) is 11.7. The second kappa shape index (κ2) is 8.33. The van der Waals surface area contributed by atoms with Gasteiger partial charge in [0.15, 0.2) is 0 Å². The van der Waals surface area contributed by atoms with Crippen LogP contribution in [0.2, 0.25) is 0 Å². The smallest absolute Gasteiger partial charge is 0.123 e. The third kappa shape index (κ3) is 4.60. The van der Waals surface area contributed by atoms with E-state index < -0.39 is 0 Å². The van der Waals surface area contributed by atoms with E-state index in [0.29, 0.717) is 26.3 Å². The van der Waals surface area contributed by atoms with Gasteiger partial charge in [-0.2, -0.15) is 0 Å². The van der Waals surface area contributed by atoms with Gasteiger partial charge in [0, 0.05) is 32.2 Å². The zero-order valence-electron chi connectivity index (χ0n) is 13.6. The van der Waals surface area contributed by atoms with Crippen molar-refractivity contribution < 1.29 is 13.5 Å². The Hall–Kier alpha value is -1.82. The van der Waals surface area contributed by atoms with Gasteiger partial charge in [0.05, 0.1) is 13.2 Å². The summed E-state index contributed by atoms with van der Waals surface area (Å²) in [6, 6.07) is 13.4. The van der Waals surface area contributed by atoms with Crippen molar-refractivity contribution in [1.82, 2.24) is 10.2 Å². The maximum Gasteiger partial charge on any atom is 0.123 e. The molecular weight excluding hydrogens is 310 g/mol. The summed E-state index contributed by atoms with van der Waals surface area (Å²) in [6.45, 7) is 4.27. The van der Waals surface area contributed by atoms with Crippen LogP contribution in [0, 0.1) is 11.6 Å². The van der Waals surface area contributed by atoms with Gasteiger partial charge in [0.25, 0.3) is 0 Å². The van der Waals surface area contributed by atoms with Gasteiger partial charge in [-0.15, -0.1) is 0 Å². The number of nitrogens with zero attached hydrogens (tertiary/aromatic N) is 1. The molecule has 128 valence electrons. The number of hydrogen-bond donors (Lipinski definition) is 1. The van der Waals surface area contributed by atoms with Crippen molar-refractivity contribution in [3.05, 3.63) is 71.3 Å². The molecule has 2 aromatic rings. The van der Waals surface area contributed by atoms with E-state index in [0.717, 1.165) is 24.2 Å². The Morgan fingerprint density at radius 1 is 1.00 bits per heavy atom. The minimum Gasteiger partial charge on any atom is -0.379 e. The minimum absolute atomic E-state index is 0.0677. The van der Waals surface area contributed by atoms with E-state index in [1.165, 1.54) is 18.2 Å². The Labute approximate surface area is 141 Å². The Bertz CT molecular complexity index is 659. The molecule has 1 aliphatic heterocycles. The zero-order chi connectivity index (χ0) is 16.8. The lowest BCUT2D eigenvalue weighted by molar-refractivity contribution is 0.0160. The molecule has 1 saturated heterocycles. The van der Waals surface area contributed by atoms with Crippen LogP contribution in [0.25, 0.3) is 0 Å². The largest absolute Gasteiger partial charge is 0.379 e. The molecule has 5 heteroatoms. The summed E-state index contributed by atoms with van der Waals surface area (Å²) in [7, 11) is 0. The van der Waals surface area contributed by atoms with Gasteiger partial charge >= 0.3 is 0 Å². The highest BCUT2D eigenvalue weighted by Gasteiger charge is 2.22. The molecule has 0 saturated carbocycles. The van der Waals surface area contributed by atoms with Crippen LogP contribution >= 0.6 is 0 Å². The summed E-state index contributed by atoms with van der Waals surface area (Å²) < 4.78 is 32.3. The molecule has 0 bridgehead atoms. The van der Waals surface area contributed by atoms with Gasteiger partial charge < -0.3 is 10.1 Å². The van der Waals surface area contributed by atoms with Crippen molar-refractivity contribution in [1.29, 1.82) is 0 Å². The fourth-order valence-corrected chi connectivity index (χ4v) is 3.06. The molecule has 0 aromatic heterocycles. The molecule has 0 aliphatic carbocycles. The Morgan fingerprint density at radius 3 is 2.42 bits per heavy atom. The van der Waals surface area contributed by atoms with Gasteiger partial charge in [-0.25, -0.2) is 8.78 Å². The van der Waals surface area contributed by atoms with Crippen LogP contribution in [0.1, 0.15) is 17.2 Å². The molecule has 0 radical (unpaired) electrons. The number of halogens is 2. The predicted octanol–water partition coefficient (Wildman–Crippen LogP) is 3.13. The van der Waals surface area contributed by atoms with E-state index in [9.17, 15) is 8.78 Å². The lowest BCUT2D eigenvalue weighted by Crippen LogP contribution is -2.42. The lowest BCUT2D eigenvalue weighted by atomic mass is 10.0. The highest BCUT2D eigenvalue weighted by Crippen LogP contribution is 2.22. The molecule has 1 fully saturated rings. The molecule has 1 atom stereocenters. The summed E-state index contributed by atoms with van der Waals surface area (Å²) in [5.74, 6) is -0.458. The number of ether oxygens (including phenoxy) is 1. The Morgan fingerprint density at radius 2 is 1.71 bits per heavy atom. The van der Waals surface area contributed by atoms with Gasteiger partial charge in [-0.1, -0.05) is 24.3 Å². The number of hydrogen-bond acceptors (Lipinski definition) is 3. The maximum absolute atomic E-state index is 13.6. The fraction of sp³-hybridized carbons (Fsp3) is 0.368. The number of benzene rings is 2. The first-order valence-electron chi connectivity index (χ1n) is 8.25. The number of nitrogens with one attached hydrogen (secondary N) is 1. The molecule has 0 spiro atoms. The van der Waals surface area contributed by atoms with Gasteiger partial charge in [0.1, 0.15) is 11.6 Å². The van der Waals surface area contributed by atoms with E-state index in [1.54, 1.807) is 18.2 Å². The van der Waals surface area contributed by atoms with Crippen LogP contribution in [0.15, 0.2) is 48.5 Å². The van der Waals surface area contributed by atoms with Crippen molar-refractivity contribution >= 4 is 0 Å². The second-order valence-electron chi connectivity index (χ2n) is 5.98. The Kier molecular flexibility index (Phi) is 5.91. The number of rotatable bonds is 6. The molecule has 24 heavy (non-hydrogen) atoms. The monoisotopic (exact) mass is 332 g/mol. The molecule has 2 aromatic carbocycles. The average Bonchev–Trinajstić information content (AvgIpc) is 2.59. The summed E-state index contributed by atoms with van der Waals surface area (Å²) >= 11 is 0. The van der Waals surface area contributed by atoms with Gasteiger partial charge in [0.2, 0.25) is 0 Å². The van der Waals surface area contributed by atoms with Crippen molar-refractivity contribution in [3.63, 3.8) is 0 Å². The topological polar surface area (TPSA) is 24.5 Å². The van der Waals surface area contributed by atoms with Crippen LogP contribution in [0.3, 0.4) is 0 Å². The normalized spacial score (nSPS) is 16.9. The van der Waals surface area contributed by atoms with Crippen LogP contribution in [-0.4, -0.2) is 37.7 Å². The number of morpholine rings is 1. The Balaban J connectivity index is 1.67. The SMILES string of the molecule is Fc1cccc(CNCC(c2cccc(F)c2)N2CCOCC2)c1. The highest BCUT2D eigenvalue weighted by molar-refractivity contribution is 5.21. The van der Waals surface area contributed by atoms with Crippen molar-refractivity contribution in [2.75, 3.05) is 32.8 Å². The van der Waals surface area contributed by atoms with E-state index >= 15 is 0 Å². The van der Waals surface area contributed by atoms with E-state index in [2.05, 4.69) is 10.2 Å². The van der Waals surface area contributed by atoms with Gasteiger partial charge in [-0.3, -0.25) is 4.90 Å². The highest BCUT2D eigenvalue weighted by atomic mass is 19.1. The standard InChI is InChI=1S/C19H22F2N2O/c20-17-5-1-3-15(11-17)13-22-14-19(23-7-9-24-10-8-23)16-4-2-6-18(21)12-16/h1-6,11-12,19,22H,7-10,13-14H2. The molecule has 1 heterocycles. The van der Waals surface area contributed by atoms with Gasteiger partial charge in [-0.05, 0) is 35.4 Å². The van der Waals surface area contributed by atoms with Crippen molar-refractivity contribution in [2.24, 2.45) is 0 Å². The lowest BCUT2D eigenvalue weighted by Gasteiger charge is -2.35. The van der Waals surface area contributed by atoms with Crippen molar-refractivity contribution in [3.8, 4) is 0 Å². The summed E-state index contributed by atoms with van der Waals surface area (Å²) in [5, 5.41) is 3.37. The molecule has 0 amide bonds. The fourth-order valence-electron chi connectivity index (χ4n) is 3.06. The van der Waals surface area contributed by atoms with Crippen LogP contribution in [0.4, 0.5) is 8.78 Å². The van der Waals surface area contributed by atoms with Crippen LogP contribution in [-0.2, 0) is 11.3 Å². The van der Waals surface area contributed by atoms with E-state index in [4.69, 9.17) is 4.74 Å². The van der Waals surface area contributed by atoms with Crippen LogP contribution < -0.4 is 5.32 Å². The first kappa shape index (κ1) is 17.0. The average molecular weight is 332 g/mol. The molecule has 3 nitrogen and oxygen atoms in total. The third-order valence-corrected chi connectivity index (χ3v) is 4.28. The van der Waals surface area contributed by atoms with Crippen LogP contribution in [0.5, 0.6) is 0 Å². The molecular formula is C19H22F2N2O. The first-order valence-corrected chi connectivity index (χ1v) is 8.25. The quantitative estimate of drug-likeness (QED) is 0.880. The summed E-state index contributed by atoms with van der Waals surface area (Å²) in [4.78, 5) is 2.30. The second-order valence-corrected chi connectivity index (χ2v) is 5.98. The molecule has 1 N–H and O–H groups in total. The van der Waals surface area contributed by atoms with E-state index in [1.807, 2.05) is 12.1 Å². The predicted molar refractivity (Wildman–Crippen MR) is 89.6 cm³/mol. The minimum atomic E-state index is -0.232. The van der Waals surface area contributed by atoms with Crippen molar-refractivity contribution in [2.45, 2.75) is 12.6 Å². The zero-order valence-corrected chi connectivity index (χ0v) is 13.6.